The summed E-state index contributed by atoms with van der Waals surface area (Å²) in [6.07, 6.45) is 4.47. The molecule has 4 atom stereocenters. The van der Waals surface area contributed by atoms with Gasteiger partial charge in [0.25, 0.3) is 5.91 Å². The summed E-state index contributed by atoms with van der Waals surface area (Å²) in [5, 5.41) is 38.7. The van der Waals surface area contributed by atoms with Gasteiger partial charge in [-0.3, -0.25) is 9.59 Å². The van der Waals surface area contributed by atoms with Crippen molar-refractivity contribution in [2.45, 2.75) is 30.3 Å². The summed E-state index contributed by atoms with van der Waals surface area (Å²) in [4.78, 5) is 55.0. The van der Waals surface area contributed by atoms with Gasteiger partial charge in [0.2, 0.25) is 17.4 Å². The molecule has 3 aliphatic rings. The average Bonchev–Trinajstić information content (AvgIpc) is 3.61. The molecular weight excluding hydrogens is 528 g/mol. The van der Waals surface area contributed by atoms with Crippen LogP contribution in [-0.2, 0) is 19.2 Å². The third-order valence-electron chi connectivity index (χ3n) is 6.06. The summed E-state index contributed by atoms with van der Waals surface area (Å²) in [5.41, 5.74) is 5.05. The number of aliphatic carboxylic acids is 2. The first-order valence-corrected chi connectivity index (χ1v) is 12.9. The Hall–Kier alpha value is -3.70. The fourth-order valence-electron chi connectivity index (χ4n) is 4.24. The summed E-state index contributed by atoms with van der Waals surface area (Å²) < 4.78 is 3.76. The summed E-state index contributed by atoms with van der Waals surface area (Å²) in [6, 6.07) is -1.55. The molecule has 1 saturated heterocycles. The van der Waals surface area contributed by atoms with Crippen molar-refractivity contribution in [1.29, 1.82) is 0 Å². The second-order valence-electron chi connectivity index (χ2n) is 8.40. The number of aromatic nitrogens is 2. The van der Waals surface area contributed by atoms with Crippen molar-refractivity contribution in [2.24, 2.45) is 11.1 Å². The van der Waals surface area contributed by atoms with Crippen LogP contribution in [-0.4, -0.2) is 95.4 Å². The lowest BCUT2D eigenvalue weighted by atomic mass is 9.98. The zero-order valence-electron chi connectivity index (χ0n) is 19.2. The number of amides is 2. The Morgan fingerprint density at radius 3 is 2.73 bits per heavy atom. The van der Waals surface area contributed by atoms with E-state index in [0.29, 0.717) is 12.1 Å². The highest BCUT2D eigenvalue weighted by Gasteiger charge is 2.39. The molecule has 4 heterocycles. The third-order valence-corrected chi connectivity index (χ3v) is 7.87. The number of hydrogen-bond acceptors (Lipinski definition) is 13. The van der Waals surface area contributed by atoms with Gasteiger partial charge in [-0.25, -0.2) is 9.59 Å². The van der Waals surface area contributed by atoms with E-state index in [1.54, 1.807) is 17.2 Å². The number of nitrogens with one attached hydrogen (secondary N) is 3. The van der Waals surface area contributed by atoms with E-state index in [2.05, 4.69) is 30.5 Å². The van der Waals surface area contributed by atoms with Crippen molar-refractivity contribution in [3.8, 4) is 0 Å². The van der Waals surface area contributed by atoms with Crippen LogP contribution in [0.2, 0.25) is 0 Å². The number of nitrogen functional groups attached to an aromatic ring is 1. The molecule has 0 aliphatic carbocycles. The fraction of sp³-hybridized carbons (Fsp3) is 0.450. The zero-order chi connectivity index (χ0) is 26.7. The summed E-state index contributed by atoms with van der Waals surface area (Å²) >= 11 is 1.81. The van der Waals surface area contributed by atoms with Crippen LogP contribution in [0, 0.1) is 5.92 Å². The molecule has 8 N–H and O–H groups in total. The maximum atomic E-state index is 12.9. The molecule has 0 saturated carbocycles. The van der Waals surface area contributed by atoms with E-state index in [4.69, 9.17) is 5.73 Å². The second-order valence-corrected chi connectivity index (χ2v) is 10.3. The predicted molar refractivity (Wildman–Crippen MR) is 132 cm³/mol. The molecular formula is C20H24N8O7S2. The first-order chi connectivity index (χ1) is 17.7. The highest BCUT2D eigenvalue weighted by molar-refractivity contribution is 8.00. The quantitative estimate of drug-likeness (QED) is 0.106. The zero-order valence-corrected chi connectivity index (χ0v) is 20.8. The van der Waals surface area contributed by atoms with Crippen LogP contribution in [0.25, 0.3) is 0 Å². The molecule has 4 rings (SSSR count). The number of nitrogens with zero attached hydrogens (tertiary/aromatic N) is 4. The Balaban J connectivity index is 1.46. The molecule has 1 aromatic rings. The number of thioether (sulfide) groups is 1. The fourth-order valence-corrected chi connectivity index (χ4v) is 5.90. The summed E-state index contributed by atoms with van der Waals surface area (Å²) in [6.45, 7) is 1.52. The Labute approximate surface area is 218 Å². The van der Waals surface area contributed by atoms with Crippen LogP contribution in [0.4, 0.5) is 5.13 Å². The lowest BCUT2D eigenvalue weighted by molar-refractivity contribution is -0.141. The summed E-state index contributed by atoms with van der Waals surface area (Å²) in [7, 11) is 0. The van der Waals surface area contributed by atoms with Gasteiger partial charge in [-0.2, -0.15) is 9.36 Å². The minimum atomic E-state index is -1.61. The first-order valence-electron chi connectivity index (χ1n) is 11.1. The highest BCUT2D eigenvalue weighted by Crippen LogP contribution is 2.32. The predicted octanol–water partition coefficient (Wildman–Crippen LogP) is -1.41. The number of carbonyl (C=O) groups is 4. The maximum Gasteiger partial charge on any atom is 0.351 e. The standard InChI is InChI=1S/C20H24N8O7S2/c21-20-25-14(27-37-20)12(26-35)15(29)23-13(19(33)34)16-24-11(18(31)32)9(7-36-16)5-8-2-4-28(17(8)30)10-1-3-22-6-10/h2,4,8,10,13,16,22,24,35H,1,3,5-7H2,(H,23,29)(H,31,32)(H,33,34)(H2,21,25,27)/b26-12-/t8?,10-,13+,16-/m1/s1. The van der Waals surface area contributed by atoms with Gasteiger partial charge in [-0.15, -0.1) is 11.8 Å². The molecule has 198 valence electrons. The second kappa shape index (κ2) is 11.1. The number of carboxylic acids is 2. The Morgan fingerprint density at radius 2 is 2.14 bits per heavy atom. The molecule has 17 heteroatoms. The van der Waals surface area contributed by atoms with Crippen molar-refractivity contribution in [1.82, 2.24) is 30.2 Å². The molecule has 0 aromatic carbocycles. The Morgan fingerprint density at radius 1 is 1.35 bits per heavy atom. The average molecular weight is 553 g/mol. The molecule has 2 amide bonds. The smallest absolute Gasteiger partial charge is 0.351 e. The number of hydrogen-bond donors (Lipinski definition) is 7. The van der Waals surface area contributed by atoms with Gasteiger partial charge < -0.3 is 42.0 Å². The van der Waals surface area contributed by atoms with Crippen molar-refractivity contribution < 1.29 is 34.6 Å². The van der Waals surface area contributed by atoms with Gasteiger partial charge in [0.05, 0.1) is 5.92 Å². The first kappa shape index (κ1) is 26.4. The highest BCUT2D eigenvalue weighted by atomic mass is 32.2. The van der Waals surface area contributed by atoms with Gasteiger partial charge in [-0.05, 0) is 25.0 Å². The van der Waals surface area contributed by atoms with Crippen molar-refractivity contribution in [3.05, 3.63) is 29.4 Å². The molecule has 0 bridgehead atoms. The number of nitrogens with two attached hydrogens (primary N) is 1. The molecule has 37 heavy (non-hydrogen) atoms. The number of carboxylic acid groups (broad SMARTS) is 2. The number of rotatable bonds is 9. The van der Waals surface area contributed by atoms with Crippen LogP contribution >= 0.6 is 23.3 Å². The molecule has 0 radical (unpaired) electrons. The van der Waals surface area contributed by atoms with Gasteiger partial charge in [0.15, 0.2) is 11.2 Å². The third kappa shape index (κ3) is 5.67. The molecule has 3 aliphatic heterocycles. The van der Waals surface area contributed by atoms with Crippen molar-refractivity contribution in [2.75, 3.05) is 24.6 Å². The monoisotopic (exact) mass is 552 g/mol. The molecule has 1 fully saturated rings. The van der Waals surface area contributed by atoms with Gasteiger partial charge in [0.1, 0.15) is 11.1 Å². The van der Waals surface area contributed by atoms with Crippen LogP contribution in [0.3, 0.4) is 0 Å². The maximum absolute atomic E-state index is 12.9. The van der Waals surface area contributed by atoms with E-state index in [-0.39, 0.29) is 40.8 Å². The van der Waals surface area contributed by atoms with E-state index in [9.17, 15) is 34.6 Å². The number of anilines is 1. The van der Waals surface area contributed by atoms with Crippen LogP contribution in [0.5, 0.6) is 0 Å². The van der Waals surface area contributed by atoms with E-state index < -0.39 is 40.9 Å². The van der Waals surface area contributed by atoms with E-state index >= 15 is 0 Å². The normalized spacial score (nSPS) is 24.8. The van der Waals surface area contributed by atoms with E-state index in [0.717, 1.165) is 36.3 Å². The summed E-state index contributed by atoms with van der Waals surface area (Å²) in [5.74, 6) is -4.68. The largest absolute Gasteiger partial charge is 0.480 e. The molecule has 0 spiro atoms. The van der Waals surface area contributed by atoms with Gasteiger partial charge in [-0.1, -0.05) is 11.2 Å². The molecule has 1 aromatic heterocycles. The van der Waals surface area contributed by atoms with Gasteiger partial charge in [0, 0.05) is 36.1 Å². The van der Waals surface area contributed by atoms with Crippen molar-refractivity contribution in [3.63, 3.8) is 0 Å². The minimum absolute atomic E-state index is 0.00521. The minimum Gasteiger partial charge on any atom is -0.480 e. The Kier molecular flexibility index (Phi) is 7.94. The van der Waals surface area contributed by atoms with Crippen molar-refractivity contribution >= 4 is 57.9 Å². The Bertz CT molecular complexity index is 1190. The van der Waals surface area contributed by atoms with E-state index in [1.807, 2.05) is 0 Å². The van der Waals surface area contributed by atoms with Crippen LogP contribution in [0.1, 0.15) is 18.7 Å². The van der Waals surface area contributed by atoms with Crippen LogP contribution < -0.4 is 21.7 Å². The number of oxime groups is 1. The lowest BCUT2D eigenvalue weighted by Crippen LogP contribution is -2.56. The van der Waals surface area contributed by atoms with Gasteiger partial charge >= 0.3 is 11.9 Å². The van der Waals surface area contributed by atoms with E-state index in [1.165, 1.54) is 0 Å². The van der Waals surface area contributed by atoms with Crippen LogP contribution in [0.15, 0.2) is 28.7 Å². The molecule has 15 nitrogen and oxygen atoms in total. The lowest BCUT2D eigenvalue weighted by Gasteiger charge is -2.32. The number of carbonyl (C=O) groups excluding carboxylic acids is 2. The topological polar surface area (TPSA) is 232 Å². The SMILES string of the molecule is Nc1nc(/C(=N/O)C(=O)N[C@H](C(=O)O)[C@@H]2NC(C(=O)O)=C(CC3C=CN([C@@H]4CCNC4)C3=O)CS2)ns1. The molecule has 1 unspecified atom stereocenters.